The van der Waals surface area contributed by atoms with Crippen molar-refractivity contribution in [3.05, 3.63) is 59.7 Å². The van der Waals surface area contributed by atoms with Crippen molar-refractivity contribution in [2.45, 2.75) is 64.0 Å². The Kier molecular flexibility index (Phi) is 7.73. The Bertz CT molecular complexity index is 1040. The van der Waals surface area contributed by atoms with Gasteiger partial charge in [-0.05, 0) is 53.9 Å². The summed E-state index contributed by atoms with van der Waals surface area (Å²) < 4.78 is 5.65. The molecule has 0 bridgehead atoms. The third-order valence-electron chi connectivity index (χ3n) is 7.03. The summed E-state index contributed by atoms with van der Waals surface area (Å²) in [6.07, 6.45) is 2.61. The predicted octanol–water partition coefficient (Wildman–Crippen LogP) is 4.70. The Balaban J connectivity index is 1.31. The minimum absolute atomic E-state index is 0.00746. The van der Waals surface area contributed by atoms with Gasteiger partial charge in [0.15, 0.2) is 0 Å². The molecule has 0 spiro atoms. The van der Waals surface area contributed by atoms with E-state index in [1.54, 1.807) is 0 Å². The maximum atomic E-state index is 12.7. The average molecular weight is 479 g/mol. The Labute approximate surface area is 206 Å². The summed E-state index contributed by atoms with van der Waals surface area (Å²) in [5.41, 5.74) is 4.67. The van der Waals surface area contributed by atoms with Crippen LogP contribution in [-0.4, -0.2) is 41.8 Å². The number of nitrogens with one attached hydrogen (secondary N) is 2. The molecule has 2 amide bonds. The molecular weight excluding hydrogens is 444 g/mol. The summed E-state index contributed by atoms with van der Waals surface area (Å²) in [5.74, 6) is -1.44. The fourth-order valence-corrected chi connectivity index (χ4v) is 5.35. The second-order valence-electron chi connectivity index (χ2n) is 10.1. The van der Waals surface area contributed by atoms with Gasteiger partial charge in [-0.2, -0.15) is 0 Å². The molecule has 7 nitrogen and oxygen atoms in total. The van der Waals surface area contributed by atoms with Gasteiger partial charge in [-0.25, -0.2) is 9.59 Å². The van der Waals surface area contributed by atoms with Crippen LogP contribution in [0.3, 0.4) is 0 Å². The second kappa shape index (κ2) is 10.9. The van der Waals surface area contributed by atoms with Gasteiger partial charge < -0.3 is 20.5 Å². The van der Waals surface area contributed by atoms with E-state index in [1.807, 2.05) is 38.1 Å². The Morgan fingerprint density at radius 3 is 2.23 bits per heavy atom. The van der Waals surface area contributed by atoms with Crippen molar-refractivity contribution in [3.8, 4) is 11.1 Å². The van der Waals surface area contributed by atoms with Gasteiger partial charge >= 0.3 is 12.1 Å². The lowest BCUT2D eigenvalue weighted by atomic mass is 9.85. The topological polar surface area (TPSA) is 105 Å². The zero-order valence-corrected chi connectivity index (χ0v) is 20.3. The Morgan fingerprint density at radius 2 is 1.63 bits per heavy atom. The molecule has 0 saturated heterocycles. The van der Waals surface area contributed by atoms with Crippen molar-refractivity contribution in [1.29, 1.82) is 0 Å². The molecule has 0 aliphatic heterocycles. The van der Waals surface area contributed by atoms with Crippen LogP contribution in [-0.2, 0) is 14.3 Å². The largest absolute Gasteiger partial charge is 0.480 e. The molecule has 186 valence electrons. The van der Waals surface area contributed by atoms with Crippen LogP contribution >= 0.6 is 0 Å². The first-order valence-electron chi connectivity index (χ1n) is 12.5. The minimum atomic E-state index is -1.02. The summed E-state index contributed by atoms with van der Waals surface area (Å²) in [7, 11) is 0. The van der Waals surface area contributed by atoms with Crippen LogP contribution in [0.2, 0.25) is 0 Å². The molecule has 7 heteroatoms. The summed E-state index contributed by atoms with van der Waals surface area (Å²) >= 11 is 0. The minimum Gasteiger partial charge on any atom is -0.480 e. The zero-order valence-electron chi connectivity index (χ0n) is 20.3. The first kappa shape index (κ1) is 24.8. The first-order chi connectivity index (χ1) is 16.8. The summed E-state index contributed by atoms with van der Waals surface area (Å²) in [5, 5.41) is 15.0. The molecule has 4 rings (SSSR count). The first-order valence-corrected chi connectivity index (χ1v) is 12.5. The third kappa shape index (κ3) is 5.84. The maximum Gasteiger partial charge on any atom is 0.407 e. The van der Waals surface area contributed by atoms with Crippen molar-refractivity contribution in [3.63, 3.8) is 0 Å². The van der Waals surface area contributed by atoms with Gasteiger partial charge in [-0.15, -0.1) is 0 Å². The van der Waals surface area contributed by atoms with Crippen LogP contribution in [0.25, 0.3) is 11.1 Å². The lowest BCUT2D eigenvalue weighted by molar-refractivity contribution is -0.143. The van der Waals surface area contributed by atoms with Crippen molar-refractivity contribution in [1.82, 2.24) is 10.6 Å². The van der Waals surface area contributed by atoms with Gasteiger partial charge in [0, 0.05) is 17.9 Å². The van der Waals surface area contributed by atoms with Gasteiger partial charge in [0.05, 0.1) is 0 Å². The number of rotatable bonds is 8. The van der Waals surface area contributed by atoms with Gasteiger partial charge in [0.2, 0.25) is 5.91 Å². The van der Waals surface area contributed by atoms with E-state index in [4.69, 9.17) is 4.74 Å². The molecule has 2 aliphatic carbocycles. The van der Waals surface area contributed by atoms with E-state index in [-0.39, 0.29) is 36.3 Å². The van der Waals surface area contributed by atoms with Crippen molar-refractivity contribution >= 4 is 18.0 Å². The Hall–Kier alpha value is -3.35. The summed E-state index contributed by atoms with van der Waals surface area (Å²) in [4.78, 5) is 36.9. The molecule has 3 N–H and O–H groups in total. The fourth-order valence-electron chi connectivity index (χ4n) is 5.35. The average Bonchev–Trinajstić information content (AvgIpc) is 3.16. The number of benzene rings is 2. The van der Waals surface area contributed by atoms with E-state index in [1.165, 1.54) is 11.1 Å². The number of carbonyl (C=O) groups is 3. The van der Waals surface area contributed by atoms with E-state index < -0.39 is 18.1 Å². The molecule has 0 heterocycles. The number of ether oxygens (including phenoxy) is 1. The third-order valence-corrected chi connectivity index (χ3v) is 7.03. The highest BCUT2D eigenvalue weighted by molar-refractivity contribution is 5.85. The number of aliphatic carboxylic acids is 1. The van der Waals surface area contributed by atoms with Crippen molar-refractivity contribution < 1.29 is 24.2 Å². The maximum absolute atomic E-state index is 12.7. The van der Waals surface area contributed by atoms with Crippen LogP contribution in [0.5, 0.6) is 0 Å². The number of carboxylic acid groups (broad SMARTS) is 1. The number of hydrogen-bond donors (Lipinski definition) is 3. The number of hydrogen-bond acceptors (Lipinski definition) is 4. The predicted molar refractivity (Wildman–Crippen MR) is 133 cm³/mol. The van der Waals surface area contributed by atoms with Crippen molar-refractivity contribution in [2.75, 3.05) is 6.61 Å². The lowest BCUT2D eigenvalue weighted by Crippen LogP contribution is -2.47. The SMILES string of the molecule is CC(C)CC(NC(=O)C1CCCC(NC(=O)OCC2c3ccccc3-c3ccccc32)C1)C(=O)O. The molecule has 1 saturated carbocycles. The standard InChI is InChI=1S/C28H34N2O5/c1-17(2)14-25(27(32)33)30-26(31)18-8-7-9-19(15-18)29-28(34)35-16-24-22-12-5-3-10-20(22)21-11-4-6-13-23(21)24/h3-6,10-13,17-19,24-25H,7-9,14-16H2,1-2H3,(H,29,34)(H,30,31)(H,32,33). The van der Waals surface area contributed by atoms with Gasteiger partial charge in [0.1, 0.15) is 12.6 Å². The van der Waals surface area contributed by atoms with Gasteiger partial charge in [0.25, 0.3) is 0 Å². The highest BCUT2D eigenvalue weighted by atomic mass is 16.5. The molecule has 3 unspecified atom stereocenters. The lowest BCUT2D eigenvalue weighted by Gasteiger charge is -2.30. The summed E-state index contributed by atoms with van der Waals surface area (Å²) in [6.45, 7) is 4.10. The Morgan fingerprint density at radius 1 is 1.00 bits per heavy atom. The van der Waals surface area contributed by atoms with Crippen molar-refractivity contribution in [2.24, 2.45) is 11.8 Å². The fraction of sp³-hybridized carbons (Fsp3) is 0.464. The van der Waals surface area contributed by atoms with E-state index in [2.05, 4.69) is 34.9 Å². The number of amides is 2. The van der Waals surface area contributed by atoms with E-state index in [0.29, 0.717) is 19.3 Å². The van der Waals surface area contributed by atoms with Gasteiger partial charge in [-0.1, -0.05) is 68.8 Å². The number of carboxylic acids is 1. The van der Waals surface area contributed by atoms with E-state index in [0.717, 1.165) is 24.0 Å². The second-order valence-corrected chi connectivity index (χ2v) is 10.1. The number of carbonyl (C=O) groups excluding carboxylic acids is 2. The van der Waals surface area contributed by atoms with Crippen LogP contribution in [0, 0.1) is 11.8 Å². The van der Waals surface area contributed by atoms with Crippen LogP contribution < -0.4 is 10.6 Å². The quantitative estimate of drug-likeness (QED) is 0.510. The zero-order chi connectivity index (χ0) is 24.9. The molecule has 0 radical (unpaired) electrons. The van der Waals surface area contributed by atoms with Crippen LogP contribution in [0.1, 0.15) is 63.0 Å². The number of fused-ring (bicyclic) bond motifs is 3. The van der Waals surface area contributed by atoms with Crippen LogP contribution in [0.15, 0.2) is 48.5 Å². The molecule has 2 aliphatic rings. The van der Waals surface area contributed by atoms with Crippen LogP contribution in [0.4, 0.5) is 4.79 Å². The molecule has 3 atom stereocenters. The summed E-state index contributed by atoms with van der Waals surface area (Å²) in [6, 6.07) is 15.3. The van der Waals surface area contributed by atoms with Gasteiger partial charge in [-0.3, -0.25) is 4.79 Å². The monoisotopic (exact) mass is 478 g/mol. The highest BCUT2D eigenvalue weighted by Gasteiger charge is 2.32. The number of alkyl carbamates (subject to hydrolysis) is 1. The molecule has 2 aromatic carbocycles. The molecule has 0 aromatic heterocycles. The highest BCUT2D eigenvalue weighted by Crippen LogP contribution is 2.44. The van der Waals surface area contributed by atoms with E-state index >= 15 is 0 Å². The van der Waals surface area contributed by atoms with E-state index in [9.17, 15) is 19.5 Å². The normalized spacial score (nSPS) is 20.0. The molecule has 2 aromatic rings. The smallest absolute Gasteiger partial charge is 0.407 e. The molecular formula is C28H34N2O5. The molecule has 1 fully saturated rings. The molecule has 35 heavy (non-hydrogen) atoms.